The van der Waals surface area contributed by atoms with Crippen molar-refractivity contribution in [1.82, 2.24) is 5.32 Å². The van der Waals surface area contributed by atoms with Gasteiger partial charge in [-0.3, -0.25) is 9.59 Å². The number of para-hydroxylation sites is 2. The van der Waals surface area contributed by atoms with Gasteiger partial charge in [-0.1, -0.05) is 48.5 Å². The van der Waals surface area contributed by atoms with Gasteiger partial charge in [0, 0.05) is 30.1 Å². The minimum Gasteiger partial charge on any atom is -0.397 e. The predicted molar refractivity (Wildman–Crippen MR) is 128 cm³/mol. The van der Waals surface area contributed by atoms with Crippen molar-refractivity contribution >= 4 is 29.3 Å². The monoisotopic (exact) mass is 426 g/mol. The van der Waals surface area contributed by atoms with E-state index in [4.69, 9.17) is 11.5 Å². The van der Waals surface area contributed by atoms with Gasteiger partial charge < -0.3 is 22.1 Å². The number of hydrogen-bond acceptors (Lipinski definition) is 4. The van der Waals surface area contributed by atoms with E-state index in [9.17, 15) is 9.59 Å². The van der Waals surface area contributed by atoms with Crippen LogP contribution in [0.15, 0.2) is 78.9 Å². The standard InChI is InChI=1S/C26H26N4O2/c27-22-3-1-2-4-24(22)30-26(32)20-12-7-18(8-13-20)16-29-25(31)14-9-17-5-10-19(11-6-17)21-15-23(21)28/h1-14,21,23H,15-16,27-28H2,(H,29,31)(H,30,32)/b14-9+/t21?,23-/m0/s1. The number of nitrogens with one attached hydrogen (secondary N) is 2. The van der Waals surface area contributed by atoms with Crippen LogP contribution in [0.4, 0.5) is 11.4 Å². The molecule has 6 heteroatoms. The number of nitrogens with two attached hydrogens (primary N) is 2. The molecule has 6 nitrogen and oxygen atoms in total. The fraction of sp³-hybridized carbons (Fsp3) is 0.154. The summed E-state index contributed by atoms with van der Waals surface area (Å²) in [5, 5.41) is 5.65. The van der Waals surface area contributed by atoms with Crippen LogP contribution in [-0.4, -0.2) is 17.9 Å². The van der Waals surface area contributed by atoms with E-state index in [0.29, 0.717) is 29.4 Å². The Hall–Kier alpha value is -3.90. The normalized spacial score (nSPS) is 17.2. The number of anilines is 2. The summed E-state index contributed by atoms with van der Waals surface area (Å²) >= 11 is 0. The minimum absolute atomic E-state index is 0.181. The topological polar surface area (TPSA) is 110 Å². The first-order valence-corrected chi connectivity index (χ1v) is 10.6. The molecule has 1 saturated carbocycles. The molecule has 32 heavy (non-hydrogen) atoms. The zero-order valence-electron chi connectivity index (χ0n) is 17.6. The Bertz CT molecular complexity index is 1140. The fourth-order valence-corrected chi connectivity index (χ4v) is 3.45. The van der Waals surface area contributed by atoms with Crippen LogP contribution in [0.5, 0.6) is 0 Å². The van der Waals surface area contributed by atoms with Crippen molar-refractivity contribution in [2.24, 2.45) is 5.73 Å². The lowest BCUT2D eigenvalue weighted by atomic mass is 10.1. The van der Waals surface area contributed by atoms with E-state index in [1.807, 2.05) is 36.4 Å². The molecule has 0 spiro atoms. The molecule has 6 N–H and O–H groups in total. The Kier molecular flexibility index (Phi) is 6.33. The quantitative estimate of drug-likeness (QED) is 0.341. The van der Waals surface area contributed by atoms with Crippen LogP contribution in [0.3, 0.4) is 0 Å². The number of benzene rings is 3. The lowest BCUT2D eigenvalue weighted by molar-refractivity contribution is -0.116. The molecule has 0 aromatic heterocycles. The highest BCUT2D eigenvalue weighted by Crippen LogP contribution is 2.38. The molecular formula is C26H26N4O2. The van der Waals surface area contributed by atoms with Crippen LogP contribution in [0.25, 0.3) is 6.08 Å². The zero-order valence-corrected chi connectivity index (χ0v) is 17.6. The number of nitrogen functional groups attached to an aromatic ring is 1. The summed E-state index contributed by atoms with van der Waals surface area (Å²) in [7, 11) is 0. The van der Waals surface area contributed by atoms with Gasteiger partial charge in [-0.2, -0.15) is 0 Å². The van der Waals surface area contributed by atoms with Crippen molar-refractivity contribution in [3.63, 3.8) is 0 Å². The maximum atomic E-state index is 12.4. The molecule has 2 amide bonds. The van der Waals surface area contributed by atoms with Crippen LogP contribution in [0.2, 0.25) is 0 Å². The maximum absolute atomic E-state index is 12.4. The maximum Gasteiger partial charge on any atom is 0.255 e. The third kappa shape index (κ3) is 5.42. The zero-order chi connectivity index (χ0) is 22.5. The van der Waals surface area contributed by atoms with E-state index >= 15 is 0 Å². The molecule has 1 unspecified atom stereocenters. The first kappa shape index (κ1) is 21.3. The Balaban J connectivity index is 1.26. The average molecular weight is 427 g/mol. The van der Waals surface area contributed by atoms with Crippen LogP contribution in [0, 0.1) is 0 Å². The van der Waals surface area contributed by atoms with Gasteiger partial charge in [0.2, 0.25) is 5.91 Å². The molecule has 1 aliphatic rings. The highest BCUT2D eigenvalue weighted by molar-refractivity contribution is 6.05. The summed E-state index contributed by atoms with van der Waals surface area (Å²) in [6, 6.07) is 22.6. The van der Waals surface area contributed by atoms with E-state index in [1.54, 1.807) is 30.3 Å². The van der Waals surface area contributed by atoms with Crippen molar-refractivity contribution in [3.05, 3.63) is 101 Å². The Morgan fingerprint density at radius 1 is 0.969 bits per heavy atom. The van der Waals surface area contributed by atoms with Gasteiger partial charge in [0.1, 0.15) is 0 Å². The molecule has 0 saturated heterocycles. The van der Waals surface area contributed by atoms with Gasteiger partial charge >= 0.3 is 0 Å². The Labute approximate surface area is 187 Å². The first-order chi connectivity index (χ1) is 15.5. The molecule has 0 bridgehead atoms. The van der Waals surface area contributed by atoms with E-state index in [1.165, 1.54) is 11.6 Å². The van der Waals surface area contributed by atoms with E-state index in [0.717, 1.165) is 17.5 Å². The molecule has 2 atom stereocenters. The number of amides is 2. The summed E-state index contributed by atoms with van der Waals surface area (Å²) in [6.07, 6.45) is 4.35. The largest absolute Gasteiger partial charge is 0.397 e. The molecule has 162 valence electrons. The van der Waals surface area contributed by atoms with E-state index < -0.39 is 0 Å². The van der Waals surface area contributed by atoms with Crippen LogP contribution in [0.1, 0.15) is 39.4 Å². The van der Waals surface area contributed by atoms with Gasteiger partial charge in [-0.25, -0.2) is 0 Å². The second-order valence-corrected chi connectivity index (χ2v) is 7.96. The van der Waals surface area contributed by atoms with Gasteiger partial charge in [-0.05, 0) is 53.5 Å². The third-order valence-corrected chi connectivity index (χ3v) is 5.52. The van der Waals surface area contributed by atoms with Crippen molar-refractivity contribution < 1.29 is 9.59 Å². The van der Waals surface area contributed by atoms with Crippen LogP contribution >= 0.6 is 0 Å². The molecule has 3 aromatic carbocycles. The first-order valence-electron chi connectivity index (χ1n) is 10.6. The molecule has 1 fully saturated rings. The van der Waals surface area contributed by atoms with Gasteiger partial charge in [0.05, 0.1) is 11.4 Å². The van der Waals surface area contributed by atoms with Crippen molar-refractivity contribution in [1.29, 1.82) is 0 Å². The summed E-state index contributed by atoms with van der Waals surface area (Å²) < 4.78 is 0. The third-order valence-electron chi connectivity index (χ3n) is 5.52. The van der Waals surface area contributed by atoms with E-state index in [2.05, 4.69) is 22.8 Å². The lowest BCUT2D eigenvalue weighted by Gasteiger charge is -2.08. The van der Waals surface area contributed by atoms with Crippen molar-refractivity contribution in [2.45, 2.75) is 24.9 Å². The van der Waals surface area contributed by atoms with Crippen LogP contribution < -0.4 is 22.1 Å². The Morgan fingerprint density at radius 2 is 1.66 bits per heavy atom. The molecule has 0 aliphatic heterocycles. The molecule has 3 aromatic rings. The number of carbonyl (C=O) groups is 2. The second-order valence-electron chi connectivity index (χ2n) is 7.96. The summed E-state index contributed by atoms with van der Waals surface area (Å²) in [6.45, 7) is 0.370. The SMILES string of the molecule is Nc1ccccc1NC(=O)c1ccc(CNC(=O)/C=C/c2ccc(C3C[C@@H]3N)cc2)cc1. The summed E-state index contributed by atoms with van der Waals surface area (Å²) in [5.74, 6) is 0.0565. The highest BCUT2D eigenvalue weighted by Gasteiger charge is 2.34. The summed E-state index contributed by atoms with van der Waals surface area (Å²) in [4.78, 5) is 24.5. The van der Waals surface area contributed by atoms with E-state index in [-0.39, 0.29) is 17.9 Å². The number of carbonyl (C=O) groups excluding carboxylic acids is 2. The molecule has 1 aliphatic carbocycles. The van der Waals surface area contributed by atoms with Crippen LogP contribution in [-0.2, 0) is 11.3 Å². The average Bonchev–Trinajstić information content (AvgIpc) is 3.55. The fourth-order valence-electron chi connectivity index (χ4n) is 3.45. The second kappa shape index (κ2) is 9.49. The molecular weight excluding hydrogens is 400 g/mol. The number of rotatable bonds is 7. The highest BCUT2D eigenvalue weighted by atomic mass is 16.2. The smallest absolute Gasteiger partial charge is 0.255 e. The Morgan fingerprint density at radius 3 is 2.31 bits per heavy atom. The van der Waals surface area contributed by atoms with Crippen molar-refractivity contribution in [2.75, 3.05) is 11.1 Å². The molecule has 4 rings (SSSR count). The number of hydrogen-bond donors (Lipinski definition) is 4. The van der Waals surface area contributed by atoms with Crippen molar-refractivity contribution in [3.8, 4) is 0 Å². The lowest BCUT2D eigenvalue weighted by Crippen LogP contribution is -2.20. The van der Waals surface area contributed by atoms with Gasteiger partial charge in [0.25, 0.3) is 5.91 Å². The molecule has 0 radical (unpaired) electrons. The molecule has 0 heterocycles. The van der Waals surface area contributed by atoms with Gasteiger partial charge in [0.15, 0.2) is 0 Å². The summed E-state index contributed by atoms with van der Waals surface area (Å²) in [5.41, 5.74) is 16.5. The predicted octanol–water partition coefficient (Wildman–Crippen LogP) is 3.67. The van der Waals surface area contributed by atoms with Gasteiger partial charge in [-0.15, -0.1) is 0 Å². The minimum atomic E-state index is -0.240.